The van der Waals surface area contributed by atoms with Crippen LogP contribution < -0.4 is 10.2 Å². The number of ether oxygens (including phenoxy) is 1. The molecule has 172 valence electrons. The maximum absolute atomic E-state index is 13.4. The van der Waals surface area contributed by atoms with Gasteiger partial charge in [-0.1, -0.05) is 26.0 Å². The van der Waals surface area contributed by atoms with E-state index in [1.807, 2.05) is 45.1 Å². The van der Waals surface area contributed by atoms with Gasteiger partial charge in [-0.2, -0.15) is 0 Å². The highest BCUT2D eigenvalue weighted by atomic mass is 16.5. The number of morpholine rings is 1. The van der Waals surface area contributed by atoms with Crippen molar-refractivity contribution in [3.8, 4) is 0 Å². The third-order valence-corrected chi connectivity index (χ3v) is 6.69. The molecule has 2 saturated heterocycles. The molecule has 7 heteroatoms. The number of benzene rings is 1. The number of aryl methyl sites for hydroxylation is 1. The van der Waals surface area contributed by atoms with Gasteiger partial charge in [0.05, 0.1) is 25.0 Å². The third kappa shape index (κ3) is 4.44. The van der Waals surface area contributed by atoms with Crippen LogP contribution in [0.4, 0.5) is 11.4 Å². The van der Waals surface area contributed by atoms with Gasteiger partial charge in [0, 0.05) is 24.5 Å². The maximum Gasteiger partial charge on any atom is 0.247 e. The number of nitrogens with one attached hydrogen (secondary N) is 1. The van der Waals surface area contributed by atoms with Gasteiger partial charge in [0.25, 0.3) is 0 Å². The number of rotatable bonds is 6. The second kappa shape index (κ2) is 9.45. The topological polar surface area (TPSA) is 79.0 Å². The maximum atomic E-state index is 13.4. The Morgan fingerprint density at radius 1 is 1.09 bits per heavy atom. The number of allylic oxidation sites excluding steroid dienone is 2. The molecule has 2 aliphatic heterocycles. The van der Waals surface area contributed by atoms with Crippen molar-refractivity contribution in [1.29, 1.82) is 0 Å². The lowest BCUT2D eigenvalue weighted by Gasteiger charge is -2.30. The van der Waals surface area contributed by atoms with E-state index in [-0.39, 0.29) is 35.5 Å². The molecule has 0 aromatic heterocycles. The van der Waals surface area contributed by atoms with E-state index in [1.54, 1.807) is 0 Å². The summed E-state index contributed by atoms with van der Waals surface area (Å²) in [5, 5.41) is 3.00. The second-order valence-corrected chi connectivity index (χ2v) is 9.44. The summed E-state index contributed by atoms with van der Waals surface area (Å²) in [6.45, 7) is 9.08. The van der Waals surface area contributed by atoms with Gasteiger partial charge >= 0.3 is 0 Å². The number of hydrogen-bond acceptors (Lipinski definition) is 5. The van der Waals surface area contributed by atoms with E-state index in [1.165, 1.54) is 4.90 Å². The average Bonchev–Trinajstić information content (AvgIpc) is 3.04. The second-order valence-electron chi connectivity index (χ2n) is 9.44. The zero-order valence-corrected chi connectivity index (χ0v) is 19.2. The number of amides is 3. The van der Waals surface area contributed by atoms with Crippen LogP contribution in [0.15, 0.2) is 30.4 Å². The first-order valence-electron chi connectivity index (χ1n) is 11.6. The molecular weight excluding hydrogens is 406 g/mol. The molecule has 2 fully saturated rings. The van der Waals surface area contributed by atoms with Gasteiger partial charge in [0.1, 0.15) is 6.04 Å². The van der Waals surface area contributed by atoms with E-state index in [9.17, 15) is 14.4 Å². The molecule has 0 spiro atoms. The zero-order chi connectivity index (χ0) is 22.8. The smallest absolute Gasteiger partial charge is 0.247 e. The van der Waals surface area contributed by atoms with Gasteiger partial charge in [-0.3, -0.25) is 19.3 Å². The normalized spacial score (nSPS) is 24.1. The molecule has 0 bridgehead atoms. The highest BCUT2D eigenvalue weighted by Crippen LogP contribution is 2.37. The number of nitrogens with zero attached hydrogens (tertiary/aromatic N) is 2. The number of carbonyl (C=O) groups is 3. The first-order valence-corrected chi connectivity index (χ1v) is 11.6. The highest BCUT2D eigenvalue weighted by Gasteiger charge is 2.51. The summed E-state index contributed by atoms with van der Waals surface area (Å²) in [6.07, 6.45) is 5.52. The first-order chi connectivity index (χ1) is 15.4. The lowest BCUT2D eigenvalue weighted by atomic mass is 9.85. The quantitative estimate of drug-likeness (QED) is 0.544. The Labute approximate surface area is 189 Å². The number of fused-ring (bicyclic) bond motifs is 1. The van der Waals surface area contributed by atoms with Gasteiger partial charge < -0.3 is 15.0 Å². The molecule has 1 N–H and O–H groups in total. The first kappa shape index (κ1) is 22.5. The van der Waals surface area contributed by atoms with Crippen molar-refractivity contribution in [3.63, 3.8) is 0 Å². The van der Waals surface area contributed by atoms with Crippen molar-refractivity contribution >= 4 is 29.1 Å². The number of likely N-dealkylation sites (tertiary alicyclic amines) is 1. The Kier molecular flexibility index (Phi) is 6.65. The van der Waals surface area contributed by atoms with Crippen LogP contribution in [0, 0.1) is 24.7 Å². The number of hydrogen-bond donors (Lipinski definition) is 1. The van der Waals surface area contributed by atoms with Gasteiger partial charge in [0.2, 0.25) is 17.7 Å². The molecule has 1 aromatic rings. The summed E-state index contributed by atoms with van der Waals surface area (Å²) in [5.41, 5.74) is 2.76. The van der Waals surface area contributed by atoms with Crippen LogP contribution in [0.2, 0.25) is 0 Å². The monoisotopic (exact) mass is 439 g/mol. The largest absolute Gasteiger partial charge is 0.378 e. The van der Waals surface area contributed by atoms with Crippen LogP contribution >= 0.6 is 0 Å². The highest BCUT2D eigenvalue weighted by molar-refractivity contribution is 6.10. The van der Waals surface area contributed by atoms with Crippen LogP contribution in [-0.4, -0.2) is 55.0 Å². The predicted molar refractivity (Wildman–Crippen MR) is 123 cm³/mol. The Bertz CT molecular complexity index is 894. The molecule has 7 nitrogen and oxygen atoms in total. The molecule has 1 aromatic carbocycles. The summed E-state index contributed by atoms with van der Waals surface area (Å²) >= 11 is 0. The Morgan fingerprint density at radius 2 is 1.72 bits per heavy atom. The summed E-state index contributed by atoms with van der Waals surface area (Å²) in [4.78, 5) is 43.1. The number of imide groups is 1. The Balaban J connectivity index is 1.52. The Morgan fingerprint density at radius 3 is 2.28 bits per heavy atom. The van der Waals surface area contributed by atoms with E-state index in [0.717, 1.165) is 24.3 Å². The Hall–Kier alpha value is -2.67. The van der Waals surface area contributed by atoms with Crippen molar-refractivity contribution in [2.75, 3.05) is 36.5 Å². The molecule has 4 rings (SSSR count). The van der Waals surface area contributed by atoms with Crippen molar-refractivity contribution in [3.05, 3.63) is 35.9 Å². The molecule has 3 atom stereocenters. The van der Waals surface area contributed by atoms with Crippen molar-refractivity contribution < 1.29 is 19.1 Å². The van der Waals surface area contributed by atoms with Gasteiger partial charge in [-0.15, -0.1) is 0 Å². The van der Waals surface area contributed by atoms with E-state index in [0.29, 0.717) is 38.2 Å². The van der Waals surface area contributed by atoms with Crippen LogP contribution in [0.5, 0.6) is 0 Å². The van der Waals surface area contributed by atoms with Gasteiger partial charge in [-0.25, -0.2) is 0 Å². The minimum atomic E-state index is -0.793. The fourth-order valence-electron chi connectivity index (χ4n) is 4.93. The summed E-state index contributed by atoms with van der Waals surface area (Å²) in [7, 11) is 0. The summed E-state index contributed by atoms with van der Waals surface area (Å²) in [6, 6.07) is 5.17. The van der Waals surface area contributed by atoms with E-state index >= 15 is 0 Å². The van der Waals surface area contributed by atoms with Crippen LogP contribution in [0.3, 0.4) is 0 Å². The van der Waals surface area contributed by atoms with Crippen molar-refractivity contribution in [2.24, 2.45) is 17.8 Å². The molecule has 32 heavy (non-hydrogen) atoms. The molecule has 0 radical (unpaired) electrons. The van der Waals surface area contributed by atoms with E-state index in [4.69, 9.17) is 4.74 Å². The third-order valence-electron chi connectivity index (χ3n) is 6.69. The molecule has 1 aliphatic carbocycles. The average molecular weight is 440 g/mol. The standard InChI is InChI=1S/C25H33N3O4/c1-16(2)14-22(28-24(30)19-6-4-5-7-20(19)25(28)31)23(29)26-21-9-8-18(15-17(21)3)27-10-12-32-13-11-27/h4-5,8-9,15-16,19-20,22H,6-7,10-14H2,1-3H3,(H,26,29). The molecule has 3 amide bonds. The lowest BCUT2D eigenvalue weighted by molar-refractivity contribution is -0.147. The predicted octanol–water partition coefficient (Wildman–Crippen LogP) is 3.14. The summed E-state index contributed by atoms with van der Waals surface area (Å²) < 4.78 is 5.42. The van der Waals surface area contributed by atoms with Gasteiger partial charge in [0.15, 0.2) is 0 Å². The van der Waals surface area contributed by atoms with Crippen molar-refractivity contribution in [2.45, 2.75) is 46.1 Å². The number of carbonyl (C=O) groups excluding carboxylic acids is 3. The molecule has 2 heterocycles. The van der Waals surface area contributed by atoms with Crippen LogP contribution in [0.25, 0.3) is 0 Å². The minimum Gasteiger partial charge on any atom is -0.378 e. The lowest BCUT2D eigenvalue weighted by Crippen LogP contribution is -2.48. The molecular formula is C25H33N3O4. The SMILES string of the molecule is Cc1cc(N2CCOCC2)ccc1NC(=O)C(CC(C)C)N1C(=O)C2CC=CCC2C1=O. The molecule has 3 aliphatic rings. The fourth-order valence-corrected chi connectivity index (χ4v) is 4.93. The molecule has 0 saturated carbocycles. The number of anilines is 2. The van der Waals surface area contributed by atoms with Crippen LogP contribution in [-0.2, 0) is 19.1 Å². The zero-order valence-electron chi connectivity index (χ0n) is 19.2. The van der Waals surface area contributed by atoms with Crippen molar-refractivity contribution in [1.82, 2.24) is 4.90 Å². The van der Waals surface area contributed by atoms with Gasteiger partial charge in [-0.05, 0) is 55.9 Å². The van der Waals surface area contributed by atoms with E-state index in [2.05, 4.69) is 16.3 Å². The minimum absolute atomic E-state index is 0.164. The summed E-state index contributed by atoms with van der Waals surface area (Å²) in [5.74, 6) is -1.20. The van der Waals surface area contributed by atoms with Crippen LogP contribution in [0.1, 0.15) is 38.7 Å². The van der Waals surface area contributed by atoms with E-state index < -0.39 is 6.04 Å². The fraction of sp³-hybridized carbons (Fsp3) is 0.560. The molecule has 3 unspecified atom stereocenters.